The fourth-order valence-electron chi connectivity index (χ4n) is 2.80. The van der Waals surface area contributed by atoms with Gasteiger partial charge in [0.15, 0.2) is 0 Å². The Hall–Kier alpha value is -1.82. The van der Waals surface area contributed by atoms with Gasteiger partial charge in [-0.05, 0) is 35.6 Å². The molecule has 0 unspecified atom stereocenters. The summed E-state index contributed by atoms with van der Waals surface area (Å²) in [5.41, 5.74) is 2.94. The van der Waals surface area contributed by atoms with Gasteiger partial charge in [-0.15, -0.1) is 0 Å². The highest BCUT2D eigenvalue weighted by Crippen LogP contribution is 2.61. The molecule has 0 radical (unpaired) electrons. The molecule has 3 rings (SSSR count). The number of rotatable bonds is 1. The van der Waals surface area contributed by atoms with E-state index in [9.17, 15) is 4.79 Å². The van der Waals surface area contributed by atoms with E-state index >= 15 is 0 Å². The van der Waals surface area contributed by atoms with Crippen molar-refractivity contribution in [3.63, 3.8) is 0 Å². The highest BCUT2D eigenvalue weighted by molar-refractivity contribution is 5.78. The fourth-order valence-corrected chi connectivity index (χ4v) is 2.80. The SMILES string of the molecule is N#Cc1ccc2c(c1)[C@@H]1[C@@H](C2)[C@H]1C(=O)O. The van der Waals surface area contributed by atoms with Crippen molar-refractivity contribution >= 4 is 5.97 Å². The van der Waals surface area contributed by atoms with Gasteiger partial charge in [0.2, 0.25) is 0 Å². The van der Waals surface area contributed by atoms with Crippen molar-refractivity contribution in [2.24, 2.45) is 11.8 Å². The molecule has 0 amide bonds. The number of aliphatic carboxylic acids is 1. The lowest BCUT2D eigenvalue weighted by atomic mass is 10.00. The molecule has 0 bridgehead atoms. The van der Waals surface area contributed by atoms with E-state index < -0.39 is 5.97 Å². The second-order valence-corrected chi connectivity index (χ2v) is 4.28. The fraction of sp³-hybridized carbons (Fsp3) is 0.333. The summed E-state index contributed by atoms with van der Waals surface area (Å²) in [6.45, 7) is 0. The molecular formula is C12H9NO2. The Bertz CT molecular complexity index is 501. The topological polar surface area (TPSA) is 61.1 Å². The van der Waals surface area contributed by atoms with E-state index in [2.05, 4.69) is 6.07 Å². The number of hydrogen-bond acceptors (Lipinski definition) is 2. The van der Waals surface area contributed by atoms with Gasteiger partial charge in [0.1, 0.15) is 0 Å². The number of carboxylic acid groups (broad SMARTS) is 1. The average Bonchev–Trinajstić information content (AvgIpc) is 2.83. The minimum atomic E-state index is -0.696. The molecule has 0 saturated heterocycles. The lowest BCUT2D eigenvalue weighted by Gasteiger charge is -2.04. The van der Waals surface area contributed by atoms with Crippen molar-refractivity contribution in [1.29, 1.82) is 5.26 Å². The van der Waals surface area contributed by atoms with Crippen LogP contribution < -0.4 is 0 Å². The smallest absolute Gasteiger partial charge is 0.307 e. The monoisotopic (exact) mass is 199 g/mol. The highest BCUT2D eigenvalue weighted by Gasteiger charge is 2.59. The Balaban J connectivity index is 2.01. The molecule has 3 atom stereocenters. The highest BCUT2D eigenvalue weighted by atomic mass is 16.4. The quantitative estimate of drug-likeness (QED) is 0.746. The molecule has 0 heterocycles. The molecule has 15 heavy (non-hydrogen) atoms. The van der Waals surface area contributed by atoms with Gasteiger partial charge < -0.3 is 5.11 Å². The molecule has 2 aliphatic carbocycles. The van der Waals surface area contributed by atoms with Crippen molar-refractivity contribution in [3.05, 3.63) is 34.9 Å². The van der Waals surface area contributed by atoms with Crippen LogP contribution >= 0.6 is 0 Å². The van der Waals surface area contributed by atoms with Gasteiger partial charge in [-0.25, -0.2) is 0 Å². The van der Waals surface area contributed by atoms with Gasteiger partial charge >= 0.3 is 5.97 Å². The van der Waals surface area contributed by atoms with Crippen LogP contribution in [0.1, 0.15) is 22.6 Å². The number of nitriles is 1. The van der Waals surface area contributed by atoms with Crippen LogP contribution in [-0.2, 0) is 11.2 Å². The summed E-state index contributed by atoms with van der Waals surface area (Å²) in [5, 5.41) is 17.7. The minimum Gasteiger partial charge on any atom is -0.481 e. The molecule has 0 spiro atoms. The first-order valence-electron chi connectivity index (χ1n) is 4.98. The second-order valence-electron chi connectivity index (χ2n) is 4.28. The van der Waals surface area contributed by atoms with E-state index in [1.54, 1.807) is 6.07 Å². The summed E-state index contributed by atoms with van der Waals surface area (Å²) in [5.74, 6) is -0.443. The van der Waals surface area contributed by atoms with Crippen LogP contribution in [0.2, 0.25) is 0 Å². The summed E-state index contributed by atoms with van der Waals surface area (Å²) in [7, 11) is 0. The lowest BCUT2D eigenvalue weighted by molar-refractivity contribution is -0.139. The maximum Gasteiger partial charge on any atom is 0.307 e. The maximum atomic E-state index is 10.9. The first kappa shape index (κ1) is 8.49. The molecule has 3 nitrogen and oxygen atoms in total. The molecule has 0 aromatic heterocycles. The Labute approximate surface area is 87.0 Å². The minimum absolute atomic E-state index is 0.172. The predicted octanol–water partition coefficient (Wildman–Crippen LogP) is 1.53. The average molecular weight is 199 g/mol. The third-order valence-corrected chi connectivity index (χ3v) is 3.54. The molecule has 1 N–H and O–H groups in total. The van der Waals surface area contributed by atoms with Crippen molar-refractivity contribution in [3.8, 4) is 6.07 Å². The van der Waals surface area contributed by atoms with E-state index in [1.807, 2.05) is 12.1 Å². The van der Waals surface area contributed by atoms with Gasteiger partial charge in [-0.1, -0.05) is 6.07 Å². The van der Waals surface area contributed by atoms with Gasteiger partial charge in [0.05, 0.1) is 17.6 Å². The predicted molar refractivity (Wildman–Crippen MR) is 52.2 cm³/mol. The molecule has 1 saturated carbocycles. The lowest BCUT2D eigenvalue weighted by Crippen LogP contribution is -2.05. The summed E-state index contributed by atoms with van der Waals surface area (Å²) in [6, 6.07) is 7.70. The number of nitrogens with zero attached hydrogens (tertiary/aromatic N) is 1. The van der Waals surface area contributed by atoms with Crippen LogP contribution in [0.3, 0.4) is 0 Å². The third kappa shape index (κ3) is 1.02. The van der Waals surface area contributed by atoms with Crippen LogP contribution in [-0.4, -0.2) is 11.1 Å². The first-order chi connectivity index (χ1) is 7.22. The molecule has 74 valence electrons. The van der Waals surface area contributed by atoms with Gasteiger partial charge in [-0.2, -0.15) is 5.26 Å². The second kappa shape index (κ2) is 2.60. The normalized spacial score (nSPS) is 30.2. The zero-order valence-corrected chi connectivity index (χ0v) is 7.97. The van der Waals surface area contributed by atoms with E-state index in [1.165, 1.54) is 5.56 Å². The van der Waals surface area contributed by atoms with Crippen molar-refractivity contribution in [2.45, 2.75) is 12.3 Å². The molecular weight excluding hydrogens is 190 g/mol. The van der Waals surface area contributed by atoms with Crippen LogP contribution in [0.25, 0.3) is 0 Å². The summed E-state index contributed by atoms with van der Waals surface area (Å²) >= 11 is 0. The molecule has 1 aromatic carbocycles. The molecule has 2 aliphatic rings. The van der Waals surface area contributed by atoms with Crippen molar-refractivity contribution in [1.82, 2.24) is 0 Å². The van der Waals surface area contributed by atoms with Crippen LogP contribution in [0.15, 0.2) is 18.2 Å². The Kier molecular flexibility index (Phi) is 1.47. The zero-order valence-electron chi connectivity index (χ0n) is 7.97. The Morgan fingerprint density at radius 3 is 3.00 bits per heavy atom. The Morgan fingerprint density at radius 1 is 1.53 bits per heavy atom. The van der Waals surface area contributed by atoms with Gasteiger partial charge in [-0.3, -0.25) is 4.79 Å². The van der Waals surface area contributed by atoms with Crippen LogP contribution in [0, 0.1) is 23.2 Å². The van der Waals surface area contributed by atoms with Crippen molar-refractivity contribution in [2.75, 3.05) is 0 Å². The van der Waals surface area contributed by atoms with Crippen LogP contribution in [0.5, 0.6) is 0 Å². The van der Waals surface area contributed by atoms with Gasteiger partial charge in [0, 0.05) is 5.92 Å². The maximum absolute atomic E-state index is 10.9. The molecule has 0 aliphatic heterocycles. The standard InChI is InChI=1S/C12H9NO2/c13-5-6-1-2-7-4-9-10(8(7)3-6)11(9)12(14)15/h1-3,9-11H,4H2,(H,14,15)/t9-,10-,11-/m1/s1. The molecule has 1 aromatic rings. The number of fused-ring (bicyclic) bond motifs is 3. The first-order valence-corrected chi connectivity index (χ1v) is 4.98. The van der Waals surface area contributed by atoms with Gasteiger partial charge in [0.25, 0.3) is 0 Å². The summed E-state index contributed by atoms with van der Waals surface area (Å²) < 4.78 is 0. The zero-order chi connectivity index (χ0) is 10.6. The Morgan fingerprint density at radius 2 is 2.33 bits per heavy atom. The number of carbonyl (C=O) groups is 1. The van der Waals surface area contributed by atoms with E-state index in [0.29, 0.717) is 5.56 Å². The van der Waals surface area contributed by atoms with E-state index in [-0.39, 0.29) is 17.8 Å². The summed E-state index contributed by atoms with van der Waals surface area (Å²) in [6.07, 6.45) is 0.864. The van der Waals surface area contributed by atoms with E-state index in [4.69, 9.17) is 10.4 Å². The largest absolute Gasteiger partial charge is 0.481 e. The molecule has 1 fully saturated rings. The van der Waals surface area contributed by atoms with E-state index in [0.717, 1.165) is 12.0 Å². The number of benzene rings is 1. The van der Waals surface area contributed by atoms with Crippen molar-refractivity contribution < 1.29 is 9.90 Å². The number of carboxylic acids is 1. The number of hydrogen-bond donors (Lipinski definition) is 1. The van der Waals surface area contributed by atoms with Crippen LogP contribution in [0.4, 0.5) is 0 Å². The molecule has 3 heteroatoms. The summed E-state index contributed by atoms with van der Waals surface area (Å²) in [4.78, 5) is 10.9. The third-order valence-electron chi connectivity index (χ3n) is 3.54.